The highest BCUT2D eigenvalue weighted by Gasteiger charge is 2.26. The van der Waals surface area contributed by atoms with Gasteiger partial charge in [0.2, 0.25) is 0 Å². The Balaban J connectivity index is 1.50. The van der Waals surface area contributed by atoms with E-state index in [0.29, 0.717) is 5.75 Å². The summed E-state index contributed by atoms with van der Waals surface area (Å²) in [5.74, 6) is 2.06. The predicted octanol–water partition coefficient (Wildman–Crippen LogP) is 4.32. The third-order valence-corrected chi connectivity index (χ3v) is 5.98. The van der Waals surface area contributed by atoms with Crippen molar-refractivity contribution in [2.45, 2.75) is 12.6 Å². The van der Waals surface area contributed by atoms with Crippen molar-refractivity contribution < 1.29 is 14.6 Å². The fraction of sp³-hybridized carbons (Fsp3) is 0.308. The SMILES string of the molecule is COc1ccc(C(c2ccc(OC)cc2)N2CCN(Cc3ccc(O)cc3)CC2)cc1. The van der Waals surface area contributed by atoms with Crippen molar-refractivity contribution in [2.75, 3.05) is 40.4 Å². The Labute approximate surface area is 184 Å². The van der Waals surface area contributed by atoms with Gasteiger partial charge in [0.1, 0.15) is 17.2 Å². The Morgan fingerprint density at radius 1 is 0.710 bits per heavy atom. The molecule has 1 aliphatic rings. The van der Waals surface area contributed by atoms with E-state index in [2.05, 4.69) is 34.1 Å². The van der Waals surface area contributed by atoms with Crippen LogP contribution in [-0.4, -0.2) is 55.3 Å². The average Bonchev–Trinajstić information content (AvgIpc) is 2.83. The lowest BCUT2D eigenvalue weighted by atomic mass is 9.96. The summed E-state index contributed by atoms with van der Waals surface area (Å²) < 4.78 is 10.7. The first-order valence-corrected chi connectivity index (χ1v) is 10.7. The Morgan fingerprint density at radius 3 is 1.65 bits per heavy atom. The molecule has 0 atom stereocenters. The van der Waals surface area contributed by atoms with Gasteiger partial charge in [0, 0.05) is 32.7 Å². The van der Waals surface area contributed by atoms with Crippen LogP contribution < -0.4 is 9.47 Å². The lowest BCUT2D eigenvalue weighted by molar-refractivity contribution is 0.105. The van der Waals surface area contributed by atoms with Gasteiger partial charge >= 0.3 is 0 Å². The summed E-state index contributed by atoms with van der Waals surface area (Å²) in [5, 5.41) is 9.50. The Morgan fingerprint density at radius 2 is 1.19 bits per heavy atom. The van der Waals surface area contributed by atoms with E-state index >= 15 is 0 Å². The minimum atomic E-state index is 0.188. The van der Waals surface area contributed by atoms with Crippen LogP contribution in [0.25, 0.3) is 0 Å². The molecule has 0 spiro atoms. The van der Waals surface area contributed by atoms with Gasteiger partial charge in [-0.2, -0.15) is 0 Å². The third kappa shape index (κ3) is 5.19. The number of nitrogens with zero attached hydrogens (tertiary/aromatic N) is 2. The van der Waals surface area contributed by atoms with E-state index in [-0.39, 0.29) is 6.04 Å². The second-order valence-corrected chi connectivity index (χ2v) is 7.93. The van der Waals surface area contributed by atoms with Crippen molar-refractivity contribution in [1.82, 2.24) is 9.80 Å². The first-order valence-electron chi connectivity index (χ1n) is 10.7. The lowest BCUT2D eigenvalue weighted by Gasteiger charge is -2.40. The number of hydrogen-bond acceptors (Lipinski definition) is 5. The number of phenolic OH excluding ortho intramolecular Hbond substituents is 1. The fourth-order valence-corrected chi connectivity index (χ4v) is 4.23. The molecule has 1 saturated heterocycles. The standard InChI is InChI=1S/C26H30N2O3/c1-30-24-11-5-21(6-12-24)26(22-7-13-25(31-2)14-8-22)28-17-15-27(16-18-28)19-20-3-9-23(29)10-4-20/h3-14,26,29H,15-19H2,1-2H3. The molecule has 162 valence electrons. The Kier molecular flexibility index (Phi) is 6.75. The third-order valence-electron chi connectivity index (χ3n) is 5.98. The minimum Gasteiger partial charge on any atom is -0.508 e. The van der Waals surface area contributed by atoms with Crippen molar-refractivity contribution in [3.05, 3.63) is 89.5 Å². The van der Waals surface area contributed by atoms with E-state index in [9.17, 15) is 5.11 Å². The normalized spacial score (nSPS) is 15.2. The molecule has 5 heteroatoms. The van der Waals surface area contributed by atoms with Crippen molar-refractivity contribution in [2.24, 2.45) is 0 Å². The van der Waals surface area contributed by atoms with E-state index in [0.717, 1.165) is 44.2 Å². The molecule has 1 N–H and O–H groups in total. The topological polar surface area (TPSA) is 45.2 Å². The Hall–Kier alpha value is -3.02. The van der Waals surface area contributed by atoms with E-state index in [4.69, 9.17) is 9.47 Å². The molecule has 0 amide bonds. The summed E-state index contributed by atoms with van der Waals surface area (Å²) >= 11 is 0. The van der Waals surface area contributed by atoms with Gasteiger partial charge in [-0.1, -0.05) is 36.4 Å². The largest absolute Gasteiger partial charge is 0.508 e. The molecule has 0 bridgehead atoms. The molecule has 1 heterocycles. The molecule has 1 fully saturated rings. The molecule has 0 radical (unpaired) electrons. The maximum absolute atomic E-state index is 9.50. The number of benzene rings is 3. The number of methoxy groups -OCH3 is 2. The van der Waals surface area contributed by atoms with Gasteiger partial charge in [0.15, 0.2) is 0 Å². The van der Waals surface area contributed by atoms with Crippen LogP contribution in [0.15, 0.2) is 72.8 Å². The summed E-state index contributed by atoms with van der Waals surface area (Å²) in [4.78, 5) is 5.03. The number of piperazine rings is 1. The molecular weight excluding hydrogens is 388 g/mol. The van der Waals surface area contributed by atoms with Crippen LogP contribution in [0.4, 0.5) is 0 Å². The Bertz CT molecular complexity index is 900. The quantitative estimate of drug-likeness (QED) is 0.619. The van der Waals surface area contributed by atoms with Crippen LogP contribution >= 0.6 is 0 Å². The monoisotopic (exact) mass is 418 g/mol. The number of ether oxygens (including phenoxy) is 2. The zero-order chi connectivity index (χ0) is 21.6. The molecule has 3 aromatic carbocycles. The smallest absolute Gasteiger partial charge is 0.118 e. The van der Waals surface area contributed by atoms with Crippen molar-refractivity contribution in [3.8, 4) is 17.2 Å². The van der Waals surface area contributed by atoms with Gasteiger partial charge in [0.25, 0.3) is 0 Å². The van der Waals surface area contributed by atoms with Crippen LogP contribution in [-0.2, 0) is 6.54 Å². The van der Waals surface area contributed by atoms with Crippen LogP contribution in [0.5, 0.6) is 17.2 Å². The van der Waals surface area contributed by atoms with E-state index in [1.54, 1.807) is 26.4 Å². The summed E-state index contributed by atoms with van der Waals surface area (Å²) in [6, 6.07) is 24.5. The van der Waals surface area contributed by atoms with E-state index in [1.165, 1.54) is 16.7 Å². The van der Waals surface area contributed by atoms with Gasteiger partial charge in [-0.25, -0.2) is 0 Å². The van der Waals surface area contributed by atoms with Crippen molar-refractivity contribution >= 4 is 0 Å². The van der Waals surface area contributed by atoms with E-state index in [1.807, 2.05) is 36.4 Å². The molecule has 0 saturated carbocycles. The molecule has 31 heavy (non-hydrogen) atoms. The highest BCUT2D eigenvalue weighted by atomic mass is 16.5. The molecule has 3 aromatic rings. The second kappa shape index (κ2) is 9.86. The fourth-order valence-electron chi connectivity index (χ4n) is 4.23. The van der Waals surface area contributed by atoms with Crippen LogP contribution in [0.1, 0.15) is 22.7 Å². The summed E-state index contributed by atoms with van der Waals surface area (Å²) in [7, 11) is 3.40. The molecule has 0 unspecified atom stereocenters. The maximum Gasteiger partial charge on any atom is 0.118 e. The lowest BCUT2D eigenvalue weighted by Crippen LogP contribution is -2.47. The zero-order valence-corrected chi connectivity index (χ0v) is 18.2. The molecular formula is C26H30N2O3. The number of phenols is 1. The number of rotatable bonds is 7. The summed E-state index contributed by atoms with van der Waals surface area (Å²) in [6.07, 6.45) is 0. The first-order chi connectivity index (χ1) is 15.2. The molecule has 0 aromatic heterocycles. The molecule has 1 aliphatic heterocycles. The zero-order valence-electron chi connectivity index (χ0n) is 18.2. The first kappa shape index (κ1) is 21.2. The van der Waals surface area contributed by atoms with Crippen LogP contribution in [0, 0.1) is 0 Å². The highest BCUT2D eigenvalue weighted by Crippen LogP contribution is 2.32. The van der Waals surface area contributed by atoms with Gasteiger partial charge in [-0.3, -0.25) is 9.80 Å². The average molecular weight is 419 g/mol. The minimum absolute atomic E-state index is 0.188. The number of aromatic hydroxyl groups is 1. The second-order valence-electron chi connectivity index (χ2n) is 7.93. The molecule has 0 aliphatic carbocycles. The predicted molar refractivity (Wildman–Crippen MR) is 123 cm³/mol. The van der Waals surface area contributed by atoms with Crippen molar-refractivity contribution in [1.29, 1.82) is 0 Å². The molecule has 5 nitrogen and oxygen atoms in total. The van der Waals surface area contributed by atoms with Gasteiger partial charge in [0.05, 0.1) is 20.3 Å². The van der Waals surface area contributed by atoms with Crippen LogP contribution in [0.2, 0.25) is 0 Å². The van der Waals surface area contributed by atoms with Gasteiger partial charge in [-0.15, -0.1) is 0 Å². The van der Waals surface area contributed by atoms with Gasteiger partial charge in [-0.05, 0) is 53.1 Å². The summed E-state index contributed by atoms with van der Waals surface area (Å²) in [5.41, 5.74) is 3.75. The van der Waals surface area contributed by atoms with E-state index < -0.39 is 0 Å². The maximum atomic E-state index is 9.50. The molecule has 4 rings (SSSR count). The highest BCUT2D eigenvalue weighted by molar-refractivity contribution is 5.38. The summed E-state index contributed by atoms with van der Waals surface area (Å²) in [6.45, 7) is 4.89. The van der Waals surface area contributed by atoms with Crippen LogP contribution in [0.3, 0.4) is 0 Å². The van der Waals surface area contributed by atoms with Gasteiger partial charge < -0.3 is 14.6 Å². The van der Waals surface area contributed by atoms with Crippen molar-refractivity contribution in [3.63, 3.8) is 0 Å². The number of hydrogen-bond donors (Lipinski definition) is 1.